The first-order valence-corrected chi connectivity index (χ1v) is 8.18. The van der Waals surface area contributed by atoms with Crippen molar-refractivity contribution in [3.63, 3.8) is 0 Å². The Morgan fingerprint density at radius 3 is 2.67 bits per heavy atom. The van der Waals surface area contributed by atoms with Crippen molar-refractivity contribution in [2.45, 2.75) is 31.7 Å². The van der Waals surface area contributed by atoms with E-state index in [-0.39, 0.29) is 17.7 Å². The predicted molar refractivity (Wildman–Crippen MR) is 69.7 cm³/mol. The maximum Gasteiger partial charge on any atom is 0.220 e. The molecule has 0 aromatic heterocycles. The van der Waals surface area contributed by atoms with Gasteiger partial charge in [-0.2, -0.15) is 0 Å². The highest BCUT2D eigenvalue weighted by molar-refractivity contribution is 7.94. The summed E-state index contributed by atoms with van der Waals surface area (Å²) < 4.78 is 22.4. The second-order valence-electron chi connectivity index (χ2n) is 5.06. The Morgan fingerprint density at radius 1 is 1.33 bits per heavy atom. The zero-order valence-electron chi connectivity index (χ0n) is 10.4. The minimum Gasteiger partial charge on any atom is -0.349 e. The molecule has 6 heteroatoms. The number of nitrogens with one attached hydrogen (secondary N) is 2. The van der Waals surface area contributed by atoms with Crippen molar-refractivity contribution in [3.8, 4) is 0 Å². The van der Waals surface area contributed by atoms with Crippen molar-refractivity contribution in [1.82, 2.24) is 10.6 Å². The van der Waals surface area contributed by atoms with Crippen molar-refractivity contribution in [2.24, 2.45) is 5.92 Å². The van der Waals surface area contributed by atoms with E-state index in [2.05, 4.69) is 10.6 Å². The summed E-state index contributed by atoms with van der Waals surface area (Å²) in [6.07, 6.45) is 5.21. The van der Waals surface area contributed by atoms with Gasteiger partial charge in [-0.1, -0.05) is 0 Å². The fourth-order valence-electron chi connectivity index (χ4n) is 2.45. The molecule has 0 bridgehead atoms. The van der Waals surface area contributed by atoms with Crippen LogP contribution in [0.3, 0.4) is 0 Å². The summed E-state index contributed by atoms with van der Waals surface area (Å²) in [5.41, 5.74) is 0. The van der Waals surface area contributed by atoms with E-state index in [0.717, 1.165) is 32.4 Å². The smallest absolute Gasteiger partial charge is 0.220 e. The summed E-state index contributed by atoms with van der Waals surface area (Å²) in [5, 5.41) is 7.23. The normalized spacial score (nSPS) is 27.2. The molecule has 102 valence electrons. The van der Waals surface area contributed by atoms with E-state index in [1.165, 1.54) is 5.41 Å². The molecular formula is C12H20N2O3S. The topological polar surface area (TPSA) is 75.3 Å². The summed E-state index contributed by atoms with van der Waals surface area (Å²) >= 11 is 0. The molecule has 2 rings (SSSR count). The van der Waals surface area contributed by atoms with E-state index in [0.29, 0.717) is 12.3 Å². The fourth-order valence-corrected chi connectivity index (χ4v) is 3.69. The summed E-state index contributed by atoms with van der Waals surface area (Å²) in [5.74, 6) is 0.589. The monoisotopic (exact) mass is 272 g/mol. The van der Waals surface area contributed by atoms with Crippen molar-refractivity contribution in [2.75, 3.05) is 18.8 Å². The molecule has 1 fully saturated rings. The molecular weight excluding hydrogens is 252 g/mol. The van der Waals surface area contributed by atoms with Gasteiger partial charge in [0.2, 0.25) is 5.91 Å². The summed E-state index contributed by atoms with van der Waals surface area (Å²) in [7, 11) is -3.08. The van der Waals surface area contributed by atoms with Gasteiger partial charge in [-0.25, -0.2) is 8.42 Å². The first-order valence-electron chi connectivity index (χ1n) is 6.46. The van der Waals surface area contributed by atoms with Crippen LogP contribution in [0, 0.1) is 5.92 Å². The first-order chi connectivity index (χ1) is 8.55. The van der Waals surface area contributed by atoms with Crippen molar-refractivity contribution >= 4 is 15.7 Å². The number of sulfone groups is 1. The molecule has 18 heavy (non-hydrogen) atoms. The van der Waals surface area contributed by atoms with E-state index >= 15 is 0 Å². The van der Waals surface area contributed by atoms with Crippen LogP contribution >= 0.6 is 0 Å². The lowest BCUT2D eigenvalue weighted by Gasteiger charge is -2.22. The molecule has 0 saturated carbocycles. The average molecular weight is 272 g/mol. The van der Waals surface area contributed by atoms with E-state index in [1.807, 2.05) is 0 Å². The molecule has 1 amide bonds. The van der Waals surface area contributed by atoms with Gasteiger partial charge in [-0.05, 0) is 44.3 Å². The first kappa shape index (κ1) is 13.5. The SMILES string of the molecule is O=C(CCC1CCNCC1)NC1C=CS(=O)(=O)C1. The van der Waals surface area contributed by atoms with E-state index in [4.69, 9.17) is 0 Å². The molecule has 2 heterocycles. The highest BCUT2D eigenvalue weighted by Crippen LogP contribution is 2.17. The molecule has 0 aromatic carbocycles. The van der Waals surface area contributed by atoms with Gasteiger partial charge in [0.15, 0.2) is 9.84 Å². The Bertz CT molecular complexity index is 425. The predicted octanol–water partition coefficient (Wildman–Crippen LogP) is 0.193. The second kappa shape index (κ2) is 5.84. The fraction of sp³-hybridized carbons (Fsp3) is 0.750. The lowest BCUT2D eigenvalue weighted by Crippen LogP contribution is -2.36. The summed E-state index contributed by atoms with van der Waals surface area (Å²) in [6, 6.07) is -0.337. The Morgan fingerprint density at radius 2 is 2.06 bits per heavy atom. The molecule has 1 atom stereocenters. The largest absolute Gasteiger partial charge is 0.349 e. The van der Waals surface area contributed by atoms with Crippen LogP contribution in [0.25, 0.3) is 0 Å². The number of piperidine rings is 1. The molecule has 5 nitrogen and oxygen atoms in total. The minimum absolute atomic E-state index is 0.00604. The van der Waals surface area contributed by atoms with Crippen LogP contribution in [0.2, 0.25) is 0 Å². The van der Waals surface area contributed by atoms with Gasteiger partial charge in [0.1, 0.15) is 0 Å². The molecule has 0 spiro atoms. The van der Waals surface area contributed by atoms with Gasteiger partial charge >= 0.3 is 0 Å². The van der Waals surface area contributed by atoms with E-state index in [9.17, 15) is 13.2 Å². The number of carbonyl (C=O) groups is 1. The minimum atomic E-state index is -3.08. The van der Waals surface area contributed by atoms with Gasteiger partial charge in [0, 0.05) is 11.8 Å². The Kier molecular flexibility index (Phi) is 4.40. The number of amides is 1. The van der Waals surface area contributed by atoms with Gasteiger partial charge < -0.3 is 10.6 Å². The van der Waals surface area contributed by atoms with Gasteiger partial charge in [0.25, 0.3) is 0 Å². The third kappa shape index (κ3) is 4.10. The lowest BCUT2D eigenvalue weighted by molar-refractivity contribution is -0.121. The molecule has 0 aromatic rings. The molecule has 1 unspecified atom stereocenters. The molecule has 2 N–H and O–H groups in total. The van der Waals surface area contributed by atoms with E-state index in [1.54, 1.807) is 6.08 Å². The summed E-state index contributed by atoms with van der Waals surface area (Å²) in [6.45, 7) is 2.08. The number of rotatable bonds is 4. The third-order valence-electron chi connectivity index (χ3n) is 3.51. The maximum atomic E-state index is 11.7. The summed E-state index contributed by atoms with van der Waals surface area (Å²) in [4.78, 5) is 11.7. The van der Waals surface area contributed by atoms with Crippen LogP contribution in [0.1, 0.15) is 25.7 Å². The zero-order valence-corrected chi connectivity index (χ0v) is 11.2. The molecule has 0 radical (unpaired) electrons. The average Bonchev–Trinajstić information content (AvgIpc) is 2.67. The van der Waals surface area contributed by atoms with Gasteiger partial charge in [0.05, 0.1) is 11.8 Å². The molecule has 1 saturated heterocycles. The Balaban J connectivity index is 1.68. The third-order valence-corrected chi connectivity index (χ3v) is 4.91. The number of carbonyl (C=O) groups excluding carboxylic acids is 1. The van der Waals surface area contributed by atoms with Crippen LogP contribution in [-0.4, -0.2) is 39.2 Å². The Hall–Kier alpha value is -0.880. The molecule has 0 aliphatic carbocycles. The van der Waals surface area contributed by atoms with Crippen LogP contribution in [-0.2, 0) is 14.6 Å². The molecule has 2 aliphatic heterocycles. The van der Waals surface area contributed by atoms with Gasteiger partial charge in [-0.3, -0.25) is 4.79 Å². The number of hydrogen-bond donors (Lipinski definition) is 2. The Labute approximate surface area is 108 Å². The van der Waals surface area contributed by atoms with Crippen molar-refractivity contribution < 1.29 is 13.2 Å². The standard InChI is InChI=1S/C12H20N2O3S/c15-12(2-1-10-3-6-13-7-4-10)14-11-5-8-18(16,17)9-11/h5,8,10-11,13H,1-4,6-7,9H2,(H,14,15). The van der Waals surface area contributed by atoms with Crippen LogP contribution in [0.4, 0.5) is 0 Å². The second-order valence-corrected chi connectivity index (χ2v) is 7.00. The van der Waals surface area contributed by atoms with Crippen molar-refractivity contribution in [3.05, 3.63) is 11.5 Å². The maximum absolute atomic E-state index is 11.7. The lowest BCUT2D eigenvalue weighted by atomic mass is 9.93. The van der Waals surface area contributed by atoms with E-state index < -0.39 is 9.84 Å². The molecule has 2 aliphatic rings. The van der Waals surface area contributed by atoms with Crippen molar-refractivity contribution in [1.29, 1.82) is 0 Å². The highest BCUT2D eigenvalue weighted by Gasteiger charge is 2.23. The van der Waals surface area contributed by atoms with Crippen LogP contribution < -0.4 is 10.6 Å². The highest BCUT2D eigenvalue weighted by atomic mass is 32.2. The zero-order chi connectivity index (χ0) is 13.0. The number of hydrogen-bond acceptors (Lipinski definition) is 4. The van der Waals surface area contributed by atoms with Gasteiger partial charge in [-0.15, -0.1) is 0 Å². The quantitative estimate of drug-likeness (QED) is 0.766. The van der Waals surface area contributed by atoms with Crippen LogP contribution in [0.5, 0.6) is 0 Å². The van der Waals surface area contributed by atoms with Crippen LogP contribution in [0.15, 0.2) is 11.5 Å².